The molecule has 0 aliphatic heterocycles. The van der Waals surface area contributed by atoms with Crippen LogP contribution in [-0.2, 0) is 4.74 Å². The highest BCUT2D eigenvalue weighted by molar-refractivity contribution is 5.74. The molecule has 0 aromatic carbocycles. The molecule has 0 radical (unpaired) electrons. The molecular formula is C5H7N3O5. The minimum absolute atomic E-state index is 0.468. The van der Waals surface area contributed by atoms with E-state index in [4.69, 9.17) is 15.9 Å². The fourth-order valence-electron chi connectivity index (χ4n) is 0.352. The number of nitrogens with two attached hydrogens (primary N) is 1. The van der Waals surface area contributed by atoms with Crippen molar-refractivity contribution < 1.29 is 24.5 Å². The predicted molar refractivity (Wildman–Crippen MR) is 40.1 cm³/mol. The number of imidazole rings is 1. The van der Waals surface area contributed by atoms with E-state index in [0.29, 0.717) is 5.95 Å². The molecule has 1 aromatic heterocycles. The van der Waals surface area contributed by atoms with Crippen LogP contribution in [0.15, 0.2) is 12.4 Å². The third-order valence-electron chi connectivity index (χ3n) is 0.694. The summed E-state index contributed by atoms with van der Waals surface area (Å²) in [6.45, 7) is 0. The lowest BCUT2D eigenvalue weighted by Gasteiger charge is -1.84. The molecule has 0 unspecified atom stereocenters. The Morgan fingerprint density at radius 1 is 1.46 bits per heavy atom. The number of nitrogen functional groups attached to an aromatic ring is 1. The summed E-state index contributed by atoms with van der Waals surface area (Å²) < 4.78 is 3.08. The van der Waals surface area contributed by atoms with Gasteiger partial charge in [-0.1, -0.05) is 0 Å². The highest BCUT2D eigenvalue weighted by Crippen LogP contribution is 1.81. The largest absolute Gasteiger partial charge is 0.516 e. The minimum Gasteiger partial charge on any atom is -0.449 e. The van der Waals surface area contributed by atoms with Crippen LogP contribution in [0.4, 0.5) is 15.5 Å². The van der Waals surface area contributed by atoms with Gasteiger partial charge in [0.05, 0.1) is 0 Å². The summed E-state index contributed by atoms with van der Waals surface area (Å²) in [5.74, 6) is 0.468. The zero-order valence-electron chi connectivity index (χ0n) is 6.30. The maximum Gasteiger partial charge on any atom is 0.516 e. The van der Waals surface area contributed by atoms with E-state index in [0.717, 1.165) is 0 Å². The molecule has 0 saturated carbocycles. The summed E-state index contributed by atoms with van der Waals surface area (Å²) in [6.07, 6.45) is -0.343. The molecule has 0 saturated heterocycles. The van der Waals surface area contributed by atoms with Crippen molar-refractivity contribution >= 4 is 18.3 Å². The topological polar surface area (TPSA) is 139 Å². The van der Waals surface area contributed by atoms with E-state index in [1.54, 1.807) is 12.4 Å². The van der Waals surface area contributed by atoms with Gasteiger partial charge in [-0.3, -0.25) is 0 Å². The Labute approximate surface area is 72.0 Å². The second kappa shape index (κ2) is 5.41. The van der Waals surface area contributed by atoms with Crippen LogP contribution in [0.1, 0.15) is 0 Å². The molecule has 8 heteroatoms. The number of hydrogen-bond acceptors (Lipinski definition) is 5. The second-order valence-electron chi connectivity index (χ2n) is 1.61. The Bertz CT molecular complexity index is 258. The maximum atomic E-state index is 9.21. The quantitative estimate of drug-likeness (QED) is 0.341. The van der Waals surface area contributed by atoms with Crippen LogP contribution in [0.2, 0.25) is 0 Å². The average Bonchev–Trinajstić information content (AvgIpc) is 2.37. The first-order valence-electron chi connectivity index (χ1n) is 2.91. The normalized spacial score (nSPS) is 8.00. The van der Waals surface area contributed by atoms with E-state index in [-0.39, 0.29) is 0 Å². The number of carbonyl (C=O) groups is 2. The molecular weight excluding hydrogens is 182 g/mol. The Kier molecular flexibility index (Phi) is 4.47. The zero-order valence-corrected chi connectivity index (χ0v) is 6.30. The lowest BCUT2D eigenvalue weighted by molar-refractivity contribution is 0.0802. The van der Waals surface area contributed by atoms with Gasteiger partial charge >= 0.3 is 12.3 Å². The third kappa shape index (κ3) is 7.65. The Balaban J connectivity index is 0.000000223. The molecule has 1 rings (SSSR count). The van der Waals surface area contributed by atoms with E-state index in [1.807, 2.05) is 0 Å². The lowest BCUT2D eigenvalue weighted by atomic mass is 11.0. The van der Waals surface area contributed by atoms with E-state index in [9.17, 15) is 9.59 Å². The van der Waals surface area contributed by atoms with Crippen molar-refractivity contribution in [2.24, 2.45) is 0 Å². The molecule has 0 atom stereocenters. The van der Waals surface area contributed by atoms with Crippen LogP contribution in [0.5, 0.6) is 0 Å². The number of nitrogens with zero attached hydrogens (tertiary/aromatic N) is 1. The number of hydrogen-bond donors (Lipinski definition) is 4. The van der Waals surface area contributed by atoms with Crippen molar-refractivity contribution in [1.29, 1.82) is 0 Å². The second-order valence-corrected chi connectivity index (χ2v) is 1.61. The van der Waals surface area contributed by atoms with Gasteiger partial charge in [-0.25, -0.2) is 14.6 Å². The molecule has 1 aromatic rings. The molecule has 0 aliphatic rings. The Morgan fingerprint density at radius 2 is 2.00 bits per heavy atom. The highest BCUT2D eigenvalue weighted by Gasteiger charge is 2.01. The number of ether oxygens (including phenoxy) is 1. The Hall–Kier alpha value is -2.25. The number of rotatable bonds is 0. The van der Waals surface area contributed by atoms with Crippen LogP contribution in [0.25, 0.3) is 0 Å². The van der Waals surface area contributed by atoms with Crippen molar-refractivity contribution in [1.82, 2.24) is 9.97 Å². The first-order valence-corrected chi connectivity index (χ1v) is 2.91. The van der Waals surface area contributed by atoms with Crippen molar-refractivity contribution in [2.45, 2.75) is 0 Å². The lowest BCUT2D eigenvalue weighted by Crippen LogP contribution is -2.05. The molecule has 5 N–H and O–H groups in total. The van der Waals surface area contributed by atoms with Crippen LogP contribution < -0.4 is 5.73 Å². The van der Waals surface area contributed by atoms with E-state index < -0.39 is 12.3 Å². The molecule has 0 fully saturated rings. The van der Waals surface area contributed by atoms with Crippen LogP contribution in [-0.4, -0.2) is 32.5 Å². The van der Waals surface area contributed by atoms with Gasteiger partial charge in [-0.2, -0.15) is 0 Å². The molecule has 72 valence electrons. The number of carboxylic acid groups (broad SMARTS) is 2. The van der Waals surface area contributed by atoms with Gasteiger partial charge in [0.1, 0.15) is 0 Å². The number of aromatic amines is 1. The van der Waals surface area contributed by atoms with Gasteiger partial charge in [-0.15, -0.1) is 0 Å². The molecule has 8 nitrogen and oxygen atoms in total. The van der Waals surface area contributed by atoms with Crippen molar-refractivity contribution in [3.63, 3.8) is 0 Å². The summed E-state index contributed by atoms with van der Waals surface area (Å²) in [5, 5.41) is 15.0. The molecule has 1 heterocycles. The maximum absolute atomic E-state index is 9.21. The van der Waals surface area contributed by atoms with Crippen molar-refractivity contribution in [3.05, 3.63) is 12.4 Å². The van der Waals surface area contributed by atoms with E-state index >= 15 is 0 Å². The summed E-state index contributed by atoms with van der Waals surface area (Å²) in [7, 11) is 0. The van der Waals surface area contributed by atoms with Gasteiger partial charge in [0.15, 0.2) is 5.95 Å². The van der Waals surface area contributed by atoms with Crippen LogP contribution in [0, 0.1) is 0 Å². The minimum atomic E-state index is -1.81. The molecule has 0 amide bonds. The summed E-state index contributed by atoms with van der Waals surface area (Å²) >= 11 is 0. The number of H-pyrrole nitrogens is 1. The molecule has 0 bridgehead atoms. The highest BCUT2D eigenvalue weighted by atomic mass is 16.7. The fourth-order valence-corrected chi connectivity index (χ4v) is 0.352. The average molecular weight is 189 g/mol. The monoisotopic (exact) mass is 189 g/mol. The summed E-state index contributed by atoms with van der Waals surface area (Å²) in [6, 6.07) is 0. The fraction of sp³-hybridized carbons (Fsp3) is 0. The molecule has 0 aliphatic carbocycles. The van der Waals surface area contributed by atoms with Gasteiger partial charge in [0.2, 0.25) is 0 Å². The number of nitrogens with one attached hydrogen (secondary N) is 1. The van der Waals surface area contributed by atoms with E-state index in [1.165, 1.54) is 0 Å². The molecule has 13 heavy (non-hydrogen) atoms. The standard InChI is InChI=1S/C3H5N3.C2H2O5/c4-3-5-1-2-6-3;3-1(4)7-2(5)6/h1-2H,(H3,4,5,6);(H,3,4)(H,5,6). The number of aromatic nitrogens is 2. The SMILES string of the molecule is Nc1ncc[nH]1.O=C(O)OC(=O)O. The summed E-state index contributed by atoms with van der Waals surface area (Å²) in [5.41, 5.74) is 5.11. The first-order chi connectivity index (χ1) is 6.02. The van der Waals surface area contributed by atoms with Gasteiger partial charge in [0.25, 0.3) is 0 Å². The first kappa shape index (κ1) is 10.8. The van der Waals surface area contributed by atoms with Crippen molar-refractivity contribution in [3.8, 4) is 0 Å². The number of anilines is 1. The Morgan fingerprint density at radius 3 is 2.08 bits per heavy atom. The zero-order chi connectivity index (χ0) is 10.3. The van der Waals surface area contributed by atoms with Gasteiger partial charge in [-0.05, 0) is 0 Å². The van der Waals surface area contributed by atoms with Gasteiger partial charge in [0, 0.05) is 12.4 Å². The molecule has 0 spiro atoms. The predicted octanol–water partition coefficient (Wildman–Crippen LogP) is 0.351. The van der Waals surface area contributed by atoms with Crippen molar-refractivity contribution in [2.75, 3.05) is 5.73 Å². The van der Waals surface area contributed by atoms with Crippen LogP contribution >= 0.6 is 0 Å². The summed E-state index contributed by atoms with van der Waals surface area (Å²) in [4.78, 5) is 24.7. The third-order valence-corrected chi connectivity index (χ3v) is 0.694. The smallest absolute Gasteiger partial charge is 0.449 e. The van der Waals surface area contributed by atoms with Gasteiger partial charge < -0.3 is 25.7 Å². The van der Waals surface area contributed by atoms with E-state index in [2.05, 4.69) is 14.7 Å². The van der Waals surface area contributed by atoms with Crippen LogP contribution in [0.3, 0.4) is 0 Å².